The molecule has 0 spiro atoms. The van der Waals surface area contributed by atoms with E-state index in [-0.39, 0.29) is 24.4 Å². The number of hydrogen-bond acceptors (Lipinski definition) is 3. The average Bonchev–Trinajstić information content (AvgIpc) is 2.63. The Kier molecular flexibility index (Phi) is 5.06. The molecule has 0 aliphatic heterocycles. The van der Waals surface area contributed by atoms with Gasteiger partial charge in [0.2, 0.25) is 5.91 Å². The van der Waals surface area contributed by atoms with Crippen LogP contribution < -0.4 is 10.9 Å². The van der Waals surface area contributed by atoms with Crippen molar-refractivity contribution in [1.82, 2.24) is 14.9 Å². The lowest BCUT2D eigenvalue weighted by Crippen LogP contribution is -2.29. The van der Waals surface area contributed by atoms with Gasteiger partial charge < -0.3 is 5.32 Å². The molecule has 0 radical (unpaired) electrons. The van der Waals surface area contributed by atoms with Gasteiger partial charge in [-0.3, -0.25) is 14.2 Å². The van der Waals surface area contributed by atoms with Crippen LogP contribution in [0.2, 0.25) is 0 Å². The summed E-state index contributed by atoms with van der Waals surface area (Å²) in [4.78, 5) is 28.7. The summed E-state index contributed by atoms with van der Waals surface area (Å²) < 4.78 is 27.6. The Bertz CT molecular complexity index is 1020. The van der Waals surface area contributed by atoms with Gasteiger partial charge in [0.05, 0.1) is 23.3 Å². The van der Waals surface area contributed by atoms with Crippen molar-refractivity contribution in [3.63, 3.8) is 0 Å². The third-order valence-electron chi connectivity index (χ3n) is 4.13. The van der Waals surface area contributed by atoms with Crippen molar-refractivity contribution in [3.05, 3.63) is 76.3 Å². The fraction of sp³-hybridized carbons (Fsp3) is 0.211. The van der Waals surface area contributed by atoms with Crippen LogP contribution >= 0.6 is 0 Å². The van der Waals surface area contributed by atoms with E-state index in [0.717, 1.165) is 12.1 Å². The van der Waals surface area contributed by atoms with Gasteiger partial charge in [-0.2, -0.15) is 0 Å². The number of para-hydroxylation sites is 1. The highest BCUT2D eigenvalue weighted by Crippen LogP contribution is 2.16. The molecule has 3 rings (SSSR count). The van der Waals surface area contributed by atoms with Crippen molar-refractivity contribution >= 4 is 16.8 Å². The van der Waals surface area contributed by atoms with E-state index in [0.29, 0.717) is 16.5 Å². The Morgan fingerprint density at radius 1 is 1.19 bits per heavy atom. The fourth-order valence-electron chi connectivity index (χ4n) is 2.67. The highest BCUT2D eigenvalue weighted by molar-refractivity contribution is 5.77. The number of nitrogens with zero attached hydrogens (tertiary/aromatic N) is 2. The number of aromatic nitrogens is 2. The molecule has 0 saturated carbocycles. The van der Waals surface area contributed by atoms with Crippen molar-refractivity contribution < 1.29 is 13.6 Å². The summed E-state index contributed by atoms with van der Waals surface area (Å²) in [6.07, 6.45) is 1.48. The van der Waals surface area contributed by atoms with Crippen LogP contribution in [0.1, 0.15) is 24.9 Å². The lowest BCUT2D eigenvalue weighted by molar-refractivity contribution is -0.121. The van der Waals surface area contributed by atoms with Gasteiger partial charge in [0.1, 0.15) is 0 Å². The minimum atomic E-state index is -0.961. The van der Waals surface area contributed by atoms with Gasteiger partial charge in [0.15, 0.2) is 11.6 Å². The maximum absolute atomic E-state index is 13.3. The molecule has 1 amide bonds. The minimum Gasteiger partial charge on any atom is -0.350 e. The van der Waals surface area contributed by atoms with E-state index in [1.165, 1.54) is 17.0 Å². The van der Waals surface area contributed by atoms with E-state index in [9.17, 15) is 18.4 Å². The third-order valence-corrected chi connectivity index (χ3v) is 4.13. The first kappa shape index (κ1) is 17.7. The first-order valence-corrected chi connectivity index (χ1v) is 8.14. The summed E-state index contributed by atoms with van der Waals surface area (Å²) >= 11 is 0. The van der Waals surface area contributed by atoms with Crippen molar-refractivity contribution in [3.8, 4) is 0 Å². The third kappa shape index (κ3) is 3.77. The molecule has 5 nitrogen and oxygen atoms in total. The van der Waals surface area contributed by atoms with Gasteiger partial charge in [-0.15, -0.1) is 0 Å². The van der Waals surface area contributed by atoms with Crippen LogP contribution in [0, 0.1) is 11.6 Å². The second-order valence-corrected chi connectivity index (χ2v) is 5.97. The Balaban J connectivity index is 1.64. The Morgan fingerprint density at radius 2 is 1.96 bits per heavy atom. The number of aryl methyl sites for hydroxylation is 1. The summed E-state index contributed by atoms with van der Waals surface area (Å²) in [6, 6.07) is 10.00. The molecule has 0 saturated heterocycles. The van der Waals surface area contributed by atoms with Crippen LogP contribution in [0.25, 0.3) is 10.9 Å². The standard InChI is InChI=1S/C19H17F2N3O2/c1-12(13-6-7-15(20)16(21)10-13)23-18(25)8-9-24-11-22-17-5-3-2-4-14(17)19(24)26/h2-7,10-12H,8-9H2,1H3,(H,23,25). The van der Waals surface area contributed by atoms with E-state index >= 15 is 0 Å². The van der Waals surface area contributed by atoms with Gasteiger partial charge in [-0.25, -0.2) is 13.8 Å². The predicted octanol–water partition coefficient (Wildman–Crippen LogP) is 2.94. The number of hydrogen-bond donors (Lipinski definition) is 1. The van der Waals surface area contributed by atoms with Gasteiger partial charge in [0.25, 0.3) is 5.56 Å². The van der Waals surface area contributed by atoms with Crippen molar-refractivity contribution in [2.24, 2.45) is 0 Å². The van der Waals surface area contributed by atoms with Crippen LogP contribution in [0.15, 0.2) is 53.6 Å². The van der Waals surface area contributed by atoms with Gasteiger partial charge in [0, 0.05) is 13.0 Å². The summed E-state index contributed by atoms with van der Waals surface area (Å²) in [5, 5.41) is 3.20. The zero-order chi connectivity index (χ0) is 18.7. The monoisotopic (exact) mass is 357 g/mol. The van der Waals surface area contributed by atoms with E-state index < -0.39 is 17.7 Å². The molecule has 2 aromatic carbocycles. The number of halogens is 2. The molecule has 0 aliphatic carbocycles. The SMILES string of the molecule is CC(NC(=O)CCn1cnc2ccccc2c1=O)c1ccc(F)c(F)c1. The number of carbonyl (C=O) groups excluding carboxylic acids is 1. The number of carbonyl (C=O) groups is 1. The van der Waals surface area contributed by atoms with Crippen molar-refractivity contribution in [2.75, 3.05) is 0 Å². The maximum atomic E-state index is 13.3. The Hall–Kier alpha value is -3.09. The molecule has 1 heterocycles. The minimum absolute atomic E-state index is 0.0634. The summed E-state index contributed by atoms with van der Waals surface area (Å²) in [5.74, 6) is -2.20. The molecule has 1 atom stereocenters. The highest BCUT2D eigenvalue weighted by Gasteiger charge is 2.13. The fourth-order valence-corrected chi connectivity index (χ4v) is 2.67. The molecule has 3 aromatic rings. The van der Waals surface area contributed by atoms with Gasteiger partial charge in [-0.1, -0.05) is 18.2 Å². The molecule has 7 heteroatoms. The molecule has 1 unspecified atom stereocenters. The second-order valence-electron chi connectivity index (χ2n) is 5.97. The Labute approximate surface area is 148 Å². The number of rotatable bonds is 5. The van der Waals surface area contributed by atoms with E-state index in [4.69, 9.17) is 0 Å². The van der Waals surface area contributed by atoms with Crippen LogP contribution in [0.5, 0.6) is 0 Å². The largest absolute Gasteiger partial charge is 0.350 e. The number of amides is 1. The predicted molar refractivity (Wildman–Crippen MR) is 93.5 cm³/mol. The number of fused-ring (bicyclic) bond motifs is 1. The lowest BCUT2D eigenvalue weighted by Gasteiger charge is -2.15. The molecule has 1 aromatic heterocycles. The molecule has 134 valence electrons. The highest BCUT2D eigenvalue weighted by atomic mass is 19.2. The first-order valence-electron chi connectivity index (χ1n) is 8.14. The topological polar surface area (TPSA) is 64.0 Å². The lowest BCUT2D eigenvalue weighted by atomic mass is 10.1. The van der Waals surface area contributed by atoms with E-state index in [1.807, 2.05) is 0 Å². The Morgan fingerprint density at radius 3 is 2.73 bits per heavy atom. The van der Waals surface area contributed by atoms with Gasteiger partial charge >= 0.3 is 0 Å². The van der Waals surface area contributed by atoms with Crippen LogP contribution in [-0.4, -0.2) is 15.5 Å². The maximum Gasteiger partial charge on any atom is 0.261 e. The molecule has 0 fully saturated rings. The van der Waals surface area contributed by atoms with E-state index in [1.54, 1.807) is 31.2 Å². The second kappa shape index (κ2) is 7.43. The molecular weight excluding hydrogens is 340 g/mol. The quantitative estimate of drug-likeness (QED) is 0.764. The number of benzene rings is 2. The number of nitrogens with one attached hydrogen (secondary N) is 1. The van der Waals surface area contributed by atoms with E-state index in [2.05, 4.69) is 10.3 Å². The van der Waals surface area contributed by atoms with Crippen LogP contribution in [0.3, 0.4) is 0 Å². The summed E-state index contributed by atoms with van der Waals surface area (Å²) in [6.45, 7) is 1.85. The van der Waals surface area contributed by atoms with Crippen LogP contribution in [0.4, 0.5) is 8.78 Å². The molecule has 0 bridgehead atoms. The first-order chi connectivity index (χ1) is 12.5. The van der Waals surface area contributed by atoms with Crippen LogP contribution in [-0.2, 0) is 11.3 Å². The van der Waals surface area contributed by atoms with Crippen molar-refractivity contribution in [1.29, 1.82) is 0 Å². The molecular formula is C19H17F2N3O2. The average molecular weight is 357 g/mol. The van der Waals surface area contributed by atoms with Gasteiger partial charge in [-0.05, 0) is 36.8 Å². The molecule has 26 heavy (non-hydrogen) atoms. The molecule has 1 N–H and O–H groups in total. The van der Waals surface area contributed by atoms with Crippen molar-refractivity contribution in [2.45, 2.75) is 25.9 Å². The smallest absolute Gasteiger partial charge is 0.261 e. The summed E-state index contributed by atoms with van der Waals surface area (Å²) in [5.41, 5.74) is 0.851. The zero-order valence-corrected chi connectivity index (χ0v) is 14.1. The molecule has 0 aliphatic rings. The normalized spacial score (nSPS) is 12.1. The summed E-state index contributed by atoms with van der Waals surface area (Å²) in [7, 11) is 0. The zero-order valence-electron chi connectivity index (χ0n) is 14.1.